The molecule has 148 valence electrons. The lowest BCUT2D eigenvalue weighted by atomic mass is 10.0. The predicted octanol–water partition coefficient (Wildman–Crippen LogP) is -0.169. The summed E-state index contributed by atoms with van der Waals surface area (Å²) < 4.78 is 5.11. The summed E-state index contributed by atoms with van der Waals surface area (Å²) in [6.07, 6.45) is 5.32. The van der Waals surface area contributed by atoms with Gasteiger partial charge in [0.05, 0.1) is 25.4 Å². The van der Waals surface area contributed by atoms with Crippen molar-refractivity contribution in [2.45, 2.75) is 25.1 Å². The first kappa shape index (κ1) is 18.7. The van der Waals surface area contributed by atoms with Crippen molar-refractivity contribution in [2.75, 3.05) is 38.2 Å². The molecule has 9 nitrogen and oxygen atoms in total. The predicted molar refractivity (Wildman–Crippen MR) is 102 cm³/mol. The fraction of sp³-hybridized carbons (Fsp3) is 0.474. The third-order valence-electron chi connectivity index (χ3n) is 4.95. The Labute approximate surface area is 163 Å². The molecule has 0 saturated carbocycles. The number of hydrogen-bond donors (Lipinski definition) is 3. The van der Waals surface area contributed by atoms with E-state index < -0.39 is 6.10 Å². The van der Waals surface area contributed by atoms with Crippen LogP contribution < -0.4 is 10.6 Å². The Morgan fingerprint density at radius 2 is 2.25 bits per heavy atom. The van der Waals surface area contributed by atoms with Crippen LogP contribution in [0.25, 0.3) is 0 Å². The van der Waals surface area contributed by atoms with Gasteiger partial charge in [0, 0.05) is 44.6 Å². The molecule has 0 unspecified atom stereocenters. The summed E-state index contributed by atoms with van der Waals surface area (Å²) in [5.41, 5.74) is 2.78. The number of anilines is 1. The maximum absolute atomic E-state index is 12.3. The van der Waals surface area contributed by atoms with Gasteiger partial charge in [0.25, 0.3) is 5.91 Å². The molecule has 4 rings (SSSR count). The van der Waals surface area contributed by atoms with E-state index in [-0.39, 0.29) is 24.2 Å². The molecule has 2 aromatic heterocycles. The molecule has 0 aromatic carbocycles. The second-order valence-electron chi connectivity index (χ2n) is 7.16. The molecule has 0 spiro atoms. The van der Waals surface area contributed by atoms with E-state index in [4.69, 9.17) is 4.74 Å². The van der Waals surface area contributed by atoms with E-state index in [0.717, 1.165) is 19.5 Å². The zero-order valence-electron chi connectivity index (χ0n) is 15.5. The Kier molecular flexibility index (Phi) is 5.75. The molecule has 4 heterocycles. The topological polar surface area (TPSA) is 113 Å². The molecule has 0 aliphatic carbocycles. The van der Waals surface area contributed by atoms with Crippen molar-refractivity contribution < 1.29 is 14.6 Å². The second kappa shape index (κ2) is 8.59. The largest absolute Gasteiger partial charge is 0.390 e. The molecule has 28 heavy (non-hydrogen) atoms. The van der Waals surface area contributed by atoms with Crippen LogP contribution in [-0.2, 0) is 17.7 Å². The van der Waals surface area contributed by atoms with E-state index in [1.165, 1.54) is 17.5 Å². The van der Waals surface area contributed by atoms with Crippen molar-refractivity contribution in [2.24, 2.45) is 0 Å². The Balaban J connectivity index is 1.25. The molecule has 9 heteroatoms. The minimum absolute atomic E-state index is 0.168. The smallest absolute Gasteiger partial charge is 0.270 e. The fourth-order valence-electron chi connectivity index (χ4n) is 3.34. The number of carbonyl (C=O) groups is 1. The van der Waals surface area contributed by atoms with Crippen LogP contribution in [0.2, 0.25) is 0 Å². The first-order chi connectivity index (χ1) is 13.7. The maximum atomic E-state index is 12.3. The van der Waals surface area contributed by atoms with Crippen molar-refractivity contribution in [3.63, 3.8) is 0 Å². The van der Waals surface area contributed by atoms with Gasteiger partial charge in [-0.15, -0.1) is 0 Å². The van der Waals surface area contributed by atoms with Crippen molar-refractivity contribution >= 4 is 11.7 Å². The number of fused-ring (bicyclic) bond motifs is 1. The van der Waals surface area contributed by atoms with E-state index in [9.17, 15) is 9.90 Å². The highest BCUT2D eigenvalue weighted by atomic mass is 16.5. The molecular weight excluding hydrogens is 360 g/mol. The standard InChI is InChI=1S/C19H24N6O3/c26-16(9-25-4-2-13-6-20-3-1-14(13)8-25)7-21-19(27)17-5-18(23-12-22-17)24-15-10-28-11-15/h1,3,5-6,12,15-16,26H,2,4,7-11H2,(H,21,27)(H,22,23,24)/t16-/m0/s1. The molecule has 2 aliphatic heterocycles. The number of aliphatic hydroxyl groups excluding tert-OH is 1. The van der Waals surface area contributed by atoms with E-state index in [0.29, 0.717) is 25.6 Å². The number of amides is 1. The van der Waals surface area contributed by atoms with Gasteiger partial charge in [0.2, 0.25) is 0 Å². The van der Waals surface area contributed by atoms with Gasteiger partial charge >= 0.3 is 0 Å². The van der Waals surface area contributed by atoms with Gasteiger partial charge in [0.1, 0.15) is 17.8 Å². The second-order valence-corrected chi connectivity index (χ2v) is 7.16. The Hall–Kier alpha value is -2.62. The van der Waals surface area contributed by atoms with Gasteiger partial charge in [0.15, 0.2) is 0 Å². The molecule has 1 saturated heterocycles. The normalized spacial score (nSPS) is 18.0. The zero-order valence-corrected chi connectivity index (χ0v) is 15.5. The summed E-state index contributed by atoms with van der Waals surface area (Å²) in [7, 11) is 0. The first-order valence-electron chi connectivity index (χ1n) is 9.44. The minimum Gasteiger partial charge on any atom is -0.390 e. The van der Waals surface area contributed by atoms with Gasteiger partial charge in [-0.1, -0.05) is 0 Å². The third-order valence-corrected chi connectivity index (χ3v) is 4.95. The fourth-order valence-corrected chi connectivity index (χ4v) is 3.34. The van der Waals surface area contributed by atoms with Crippen LogP contribution in [0.5, 0.6) is 0 Å². The van der Waals surface area contributed by atoms with Crippen molar-refractivity contribution in [3.8, 4) is 0 Å². The zero-order chi connectivity index (χ0) is 19.3. The summed E-state index contributed by atoms with van der Waals surface area (Å²) >= 11 is 0. The SMILES string of the molecule is O=C(NC[C@H](O)CN1CCc2cnccc2C1)c1cc(NC2COC2)ncn1. The molecule has 1 fully saturated rings. The Morgan fingerprint density at radius 3 is 3.07 bits per heavy atom. The van der Waals surface area contributed by atoms with Gasteiger partial charge in [-0.05, 0) is 23.6 Å². The van der Waals surface area contributed by atoms with E-state index in [1.54, 1.807) is 12.3 Å². The Morgan fingerprint density at radius 1 is 1.36 bits per heavy atom. The number of nitrogens with zero attached hydrogens (tertiary/aromatic N) is 4. The van der Waals surface area contributed by atoms with Crippen molar-refractivity contribution in [1.29, 1.82) is 0 Å². The molecular formula is C19H24N6O3. The number of pyridine rings is 1. The number of hydrogen-bond acceptors (Lipinski definition) is 8. The molecule has 1 atom stereocenters. The van der Waals surface area contributed by atoms with Gasteiger partial charge in [-0.25, -0.2) is 9.97 Å². The van der Waals surface area contributed by atoms with Crippen LogP contribution in [0, 0.1) is 0 Å². The van der Waals surface area contributed by atoms with Crippen LogP contribution in [0.15, 0.2) is 30.9 Å². The maximum Gasteiger partial charge on any atom is 0.270 e. The summed E-state index contributed by atoms with van der Waals surface area (Å²) in [5.74, 6) is 0.264. The summed E-state index contributed by atoms with van der Waals surface area (Å²) in [5, 5.41) is 16.3. The number of rotatable bonds is 7. The van der Waals surface area contributed by atoms with Crippen LogP contribution in [0.3, 0.4) is 0 Å². The van der Waals surface area contributed by atoms with Crippen molar-refractivity contribution in [3.05, 3.63) is 47.7 Å². The summed E-state index contributed by atoms with van der Waals surface area (Å²) in [6.45, 7) is 3.59. The minimum atomic E-state index is -0.654. The number of nitrogens with one attached hydrogen (secondary N) is 2. The number of ether oxygens (including phenoxy) is 1. The monoisotopic (exact) mass is 384 g/mol. The van der Waals surface area contributed by atoms with Gasteiger partial charge < -0.3 is 20.5 Å². The lowest BCUT2D eigenvalue weighted by Crippen LogP contribution is -2.42. The van der Waals surface area contributed by atoms with E-state index in [2.05, 4.69) is 30.5 Å². The molecule has 2 aromatic rings. The number of aromatic nitrogens is 3. The highest BCUT2D eigenvalue weighted by Crippen LogP contribution is 2.17. The van der Waals surface area contributed by atoms with Crippen molar-refractivity contribution in [1.82, 2.24) is 25.2 Å². The van der Waals surface area contributed by atoms with E-state index in [1.807, 2.05) is 12.3 Å². The third kappa shape index (κ3) is 4.61. The lowest BCUT2D eigenvalue weighted by molar-refractivity contribution is 0.0209. The molecule has 0 radical (unpaired) electrons. The molecule has 1 amide bonds. The number of β-amino-alcohol motifs (C(OH)–C–C–N with tert-alkyl or cyclic N) is 1. The quantitative estimate of drug-likeness (QED) is 0.603. The first-order valence-corrected chi connectivity index (χ1v) is 9.44. The Bertz CT molecular complexity index is 829. The highest BCUT2D eigenvalue weighted by molar-refractivity contribution is 5.92. The van der Waals surface area contributed by atoms with Crippen LogP contribution in [0.1, 0.15) is 21.6 Å². The van der Waals surface area contributed by atoms with Crippen LogP contribution >= 0.6 is 0 Å². The number of aliphatic hydroxyl groups is 1. The lowest BCUT2D eigenvalue weighted by Gasteiger charge is -2.30. The number of carbonyl (C=O) groups excluding carboxylic acids is 1. The summed E-state index contributed by atoms with van der Waals surface area (Å²) in [6, 6.07) is 3.85. The van der Waals surface area contributed by atoms with Crippen LogP contribution in [0.4, 0.5) is 5.82 Å². The molecule has 3 N–H and O–H groups in total. The van der Waals surface area contributed by atoms with Crippen LogP contribution in [-0.4, -0.2) is 75.9 Å². The van der Waals surface area contributed by atoms with Gasteiger partial charge in [-0.2, -0.15) is 0 Å². The average Bonchev–Trinajstić information content (AvgIpc) is 2.69. The molecule has 2 aliphatic rings. The van der Waals surface area contributed by atoms with E-state index >= 15 is 0 Å². The molecule has 0 bridgehead atoms. The highest BCUT2D eigenvalue weighted by Gasteiger charge is 2.21. The average molecular weight is 384 g/mol. The van der Waals surface area contributed by atoms with Gasteiger partial charge in [-0.3, -0.25) is 14.7 Å². The summed E-state index contributed by atoms with van der Waals surface area (Å²) in [4.78, 5) is 26.8.